The molecule has 0 saturated heterocycles. The minimum atomic E-state index is -1.02. The third-order valence-electron chi connectivity index (χ3n) is 3.86. The van der Waals surface area contributed by atoms with Gasteiger partial charge in [-0.05, 0) is 48.6 Å². The Labute approximate surface area is 126 Å². The Hall–Kier alpha value is -2.82. The van der Waals surface area contributed by atoms with Gasteiger partial charge in [-0.3, -0.25) is 0 Å². The fourth-order valence-electron chi connectivity index (χ4n) is 2.57. The Bertz CT molecular complexity index is 865. The van der Waals surface area contributed by atoms with Crippen molar-refractivity contribution >= 4 is 11.5 Å². The number of nitrogens with zero attached hydrogens (tertiary/aromatic N) is 2. The second kappa shape index (κ2) is 4.87. The second-order valence-corrected chi connectivity index (χ2v) is 5.51. The van der Waals surface area contributed by atoms with Gasteiger partial charge in [0.1, 0.15) is 11.3 Å². The molecule has 1 fully saturated rings. The highest BCUT2D eigenvalue weighted by Crippen LogP contribution is 2.41. The Morgan fingerprint density at radius 3 is 2.91 bits per heavy atom. The summed E-state index contributed by atoms with van der Waals surface area (Å²) in [5.74, 6) is 0.545. The van der Waals surface area contributed by atoms with E-state index >= 15 is 0 Å². The lowest BCUT2D eigenvalue weighted by Gasteiger charge is -2.10. The molecule has 1 aromatic carbocycles. The van der Waals surface area contributed by atoms with Gasteiger partial charge < -0.3 is 9.84 Å². The Kier molecular flexibility index (Phi) is 2.85. The van der Waals surface area contributed by atoms with Crippen molar-refractivity contribution in [1.82, 2.24) is 9.61 Å². The number of hydrogen-bond acceptors (Lipinski definition) is 3. The zero-order chi connectivity index (χ0) is 15.1. The van der Waals surface area contributed by atoms with Crippen molar-refractivity contribution in [3.8, 4) is 11.5 Å². The third-order valence-corrected chi connectivity index (χ3v) is 3.86. The number of ether oxygens (including phenoxy) is 1. The van der Waals surface area contributed by atoms with Gasteiger partial charge in [0.05, 0.1) is 11.7 Å². The van der Waals surface area contributed by atoms with Crippen LogP contribution in [0.25, 0.3) is 5.52 Å². The predicted octanol–water partition coefficient (Wildman–Crippen LogP) is 3.70. The SMILES string of the molecule is O=C(O)c1cc2ccnn2cc1Oc1cccc(C2CC2)c1. The quantitative estimate of drug-likeness (QED) is 0.797. The minimum absolute atomic E-state index is 0.129. The lowest BCUT2D eigenvalue weighted by Crippen LogP contribution is -2.02. The van der Waals surface area contributed by atoms with Crippen molar-refractivity contribution in [3.05, 3.63) is 59.9 Å². The van der Waals surface area contributed by atoms with Gasteiger partial charge in [-0.1, -0.05) is 12.1 Å². The summed E-state index contributed by atoms with van der Waals surface area (Å²) < 4.78 is 7.43. The van der Waals surface area contributed by atoms with Gasteiger partial charge in [0.2, 0.25) is 0 Å². The standard InChI is InChI=1S/C17H14N2O3/c20-17(21)15-9-13-6-7-18-19(13)10-16(15)22-14-3-1-2-12(8-14)11-4-5-11/h1-3,6-11H,4-5H2,(H,20,21). The number of fused-ring (bicyclic) bond motifs is 1. The summed E-state index contributed by atoms with van der Waals surface area (Å²) in [5, 5.41) is 13.5. The van der Waals surface area contributed by atoms with E-state index in [4.69, 9.17) is 4.74 Å². The van der Waals surface area contributed by atoms with Gasteiger partial charge >= 0.3 is 5.97 Å². The summed E-state index contributed by atoms with van der Waals surface area (Å²) in [6.45, 7) is 0. The van der Waals surface area contributed by atoms with E-state index in [1.807, 2.05) is 18.2 Å². The van der Waals surface area contributed by atoms with E-state index in [0.717, 1.165) is 5.52 Å². The number of pyridine rings is 1. The molecule has 0 bridgehead atoms. The largest absolute Gasteiger partial charge is 0.478 e. The molecule has 0 aliphatic heterocycles. The first-order valence-corrected chi connectivity index (χ1v) is 7.19. The molecule has 1 aliphatic rings. The molecule has 1 aliphatic carbocycles. The Balaban J connectivity index is 1.74. The van der Waals surface area contributed by atoms with Crippen LogP contribution in [-0.4, -0.2) is 20.7 Å². The van der Waals surface area contributed by atoms with Crippen LogP contribution in [0.5, 0.6) is 11.5 Å². The topological polar surface area (TPSA) is 63.8 Å². The maximum absolute atomic E-state index is 11.5. The molecule has 0 radical (unpaired) electrons. The molecular formula is C17H14N2O3. The zero-order valence-electron chi connectivity index (χ0n) is 11.8. The molecule has 110 valence electrons. The van der Waals surface area contributed by atoms with Crippen LogP contribution < -0.4 is 4.74 Å². The monoisotopic (exact) mass is 294 g/mol. The number of carboxylic acid groups (broad SMARTS) is 1. The van der Waals surface area contributed by atoms with Crippen LogP contribution in [-0.2, 0) is 0 Å². The summed E-state index contributed by atoms with van der Waals surface area (Å²) >= 11 is 0. The van der Waals surface area contributed by atoms with Crippen LogP contribution in [0.3, 0.4) is 0 Å². The number of rotatable bonds is 4. The number of hydrogen-bond donors (Lipinski definition) is 1. The number of aromatic nitrogens is 2. The maximum atomic E-state index is 11.5. The molecule has 2 aromatic heterocycles. The molecule has 2 heterocycles. The highest BCUT2D eigenvalue weighted by atomic mass is 16.5. The summed E-state index contributed by atoms with van der Waals surface area (Å²) in [6.07, 6.45) is 5.65. The van der Waals surface area contributed by atoms with E-state index in [9.17, 15) is 9.90 Å². The average molecular weight is 294 g/mol. The molecule has 0 amide bonds. The highest BCUT2D eigenvalue weighted by molar-refractivity contribution is 5.92. The highest BCUT2D eigenvalue weighted by Gasteiger charge is 2.24. The fraction of sp³-hybridized carbons (Fsp3) is 0.176. The minimum Gasteiger partial charge on any atom is -0.478 e. The number of aromatic carboxylic acids is 1. The van der Waals surface area contributed by atoms with Crippen LogP contribution in [0.2, 0.25) is 0 Å². The smallest absolute Gasteiger partial charge is 0.339 e. The first kappa shape index (κ1) is 12.9. The maximum Gasteiger partial charge on any atom is 0.339 e. The van der Waals surface area contributed by atoms with Gasteiger partial charge in [0.15, 0.2) is 5.75 Å². The first-order valence-electron chi connectivity index (χ1n) is 7.19. The van der Waals surface area contributed by atoms with E-state index in [1.165, 1.54) is 18.4 Å². The summed E-state index contributed by atoms with van der Waals surface area (Å²) in [5.41, 5.74) is 2.09. The Morgan fingerprint density at radius 1 is 1.27 bits per heavy atom. The molecule has 0 atom stereocenters. The van der Waals surface area contributed by atoms with Crippen molar-refractivity contribution < 1.29 is 14.6 Å². The number of carbonyl (C=O) groups is 1. The van der Waals surface area contributed by atoms with Crippen molar-refractivity contribution in [1.29, 1.82) is 0 Å². The molecule has 0 unspecified atom stereocenters. The van der Waals surface area contributed by atoms with Crippen LogP contribution in [0.15, 0.2) is 48.8 Å². The lowest BCUT2D eigenvalue weighted by atomic mass is 10.1. The second-order valence-electron chi connectivity index (χ2n) is 5.51. The van der Waals surface area contributed by atoms with Crippen molar-refractivity contribution in [3.63, 3.8) is 0 Å². The fourth-order valence-corrected chi connectivity index (χ4v) is 2.57. The summed E-state index contributed by atoms with van der Waals surface area (Å²) in [7, 11) is 0. The normalized spacial score (nSPS) is 14.2. The van der Waals surface area contributed by atoms with Crippen LogP contribution in [0, 0.1) is 0 Å². The molecule has 22 heavy (non-hydrogen) atoms. The summed E-state index contributed by atoms with van der Waals surface area (Å²) in [6, 6.07) is 11.2. The van der Waals surface area contributed by atoms with E-state index in [1.54, 1.807) is 29.0 Å². The lowest BCUT2D eigenvalue weighted by molar-refractivity contribution is 0.0694. The molecule has 0 spiro atoms. The third kappa shape index (κ3) is 2.30. The first-order chi connectivity index (χ1) is 10.7. The molecular weight excluding hydrogens is 280 g/mol. The molecule has 3 aromatic rings. The van der Waals surface area contributed by atoms with Crippen molar-refractivity contribution in [2.45, 2.75) is 18.8 Å². The number of carboxylic acids is 1. The van der Waals surface area contributed by atoms with Gasteiger partial charge in [-0.2, -0.15) is 5.10 Å². The average Bonchev–Trinajstić information content (AvgIpc) is 3.26. The molecule has 5 heteroatoms. The number of benzene rings is 1. The van der Waals surface area contributed by atoms with E-state index < -0.39 is 5.97 Å². The van der Waals surface area contributed by atoms with Crippen molar-refractivity contribution in [2.75, 3.05) is 0 Å². The van der Waals surface area contributed by atoms with Gasteiger partial charge in [0, 0.05) is 6.20 Å². The molecule has 4 rings (SSSR count). The van der Waals surface area contributed by atoms with Gasteiger partial charge in [-0.25, -0.2) is 9.31 Å². The van der Waals surface area contributed by atoms with Crippen molar-refractivity contribution in [2.24, 2.45) is 0 Å². The van der Waals surface area contributed by atoms with Crippen LogP contribution in [0.4, 0.5) is 0 Å². The van der Waals surface area contributed by atoms with E-state index in [0.29, 0.717) is 11.7 Å². The molecule has 5 nitrogen and oxygen atoms in total. The van der Waals surface area contributed by atoms with Gasteiger partial charge in [0.25, 0.3) is 0 Å². The molecule has 1 N–H and O–H groups in total. The van der Waals surface area contributed by atoms with Gasteiger partial charge in [-0.15, -0.1) is 0 Å². The Morgan fingerprint density at radius 2 is 2.14 bits per heavy atom. The zero-order valence-corrected chi connectivity index (χ0v) is 11.8. The summed E-state index contributed by atoms with van der Waals surface area (Å²) in [4.78, 5) is 11.5. The van der Waals surface area contributed by atoms with E-state index in [2.05, 4.69) is 11.2 Å². The van der Waals surface area contributed by atoms with Crippen LogP contribution >= 0.6 is 0 Å². The molecule has 1 saturated carbocycles. The van der Waals surface area contributed by atoms with Crippen LogP contribution in [0.1, 0.15) is 34.7 Å². The van der Waals surface area contributed by atoms with E-state index in [-0.39, 0.29) is 11.3 Å². The predicted molar refractivity (Wildman–Crippen MR) is 80.6 cm³/mol.